The van der Waals surface area contributed by atoms with Crippen LogP contribution in [-0.2, 0) is 4.79 Å². The van der Waals surface area contributed by atoms with Crippen LogP contribution in [0.1, 0.15) is 26.7 Å². The zero-order chi connectivity index (χ0) is 9.30. The lowest BCUT2D eigenvalue weighted by molar-refractivity contribution is -0.142. The summed E-state index contributed by atoms with van der Waals surface area (Å²) in [6, 6.07) is -0.203. The number of hydrogen-bond donors (Lipinski definition) is 2. The van der Waals surface area contributed by atoms with Gasteiger partial charge in [0.1, 0.15) is 0 Å². The van der Waals surface area contributed by atoms with Gasteiger partial charge in [0.2, 0.25) is 0 Å². The lowest BCUT2D eigenvalue weighted by Gasteiger charge is -2.27. The Labute approximate surface area is 72.3 Å². The Morgan fingerprint density at radius 1 is 1.42 bits per heavy atom. The molecule has 0 amide bonds. The summed E-state index contributed by atoms with van der Waals surface area (Å²) in [5.41, 5.74) is 8.15. The number of aliphatic carboxylic acids is 1. The van der Waals surface area contributed by atoms with Gasteiger partial charge in [-0.3, -0.25) is 4.79 Å². The van der Waals surface area contributed by atoms with Crippen molar-refractivity contribution in [3.05, 3.63) is 11.1 Å². The molecule has 0 aromatic carbocycles. The van der Waals surface area contributed by atoms with Crippen LogP contribution in [0.5, 0.6) is 0 Å². The fourth-order valence-corrected chi connectivity index (χ4v) is 1.60. The molecule has 0 heterocycles. The first-order chi connectivity index (χ1) is 5.52. The molecule has 0 spiro atoms. The Morgan fingerprint density at radius 3 is 2.42 bits per heavy atom. The van der Waals surface area contributed by atoms with E-state index in [1.54, 1.807) is 0 Å². The van der Waals surface area contributed by atoms with Crippen molar-refractivity contribution < 1.29 is 9.90 Å². The third-order valence-corrected chi connectivity index (χ3v) is 2.63. The van der Waals surface area contributed by atoms with Crippen LogP contribution in [0.15, 0.2) is 11.1 Å². The molecular formula is C9H15NO2. The van der Waals surface area contributed by atoms with Gasteiger partial charge in [-0.2, -0.15) is 0 Å². The highest BCUT2D eigenvalue weighted by Gasteiger charge is 2.29. The second-order valence-electron chi connectivity index (χ2n) is 3.58. The van der Waals surface area contributed by atoms with E-state index in [4.69, 9.17) is 10.8 Å². The first kappa shape index (κ1) is 9.26. The lowest BCUT2D eigenvalue weighted by Crippen LogP contribution is -2.38. The van der Waals surface area contributed by atoms with Crippen molar-refractivity contribution in [1.29, 1.82) is 0 Å². The van der Waals surface area contributed by atoms with Gasteiger partial charge in [0.15, 0.2) is 0 Å². The molecule has 0 radical (unpaired) electrons. The molecule has 0 saturated carbocycles. The maximum atomic E-state index is 10.7. The molecule has 12 heavy (non-hydrogen) atoms. The largest absolute Gasteiger partial charge is 0.481 e. The number of carboxylic acid groups (broad SMARTS) is 1. The fourth-order valence-electron chi connectivity index (χ4n) is 1.60. The average molecular weight is 169 g/mol. The summed E-state index contributed by atoms with van der Waals surface area (Å²) >= 11 is 0. The summed E-state index contributed by atoms with van der Waals surface area (Å²) in [6.07, 6.45) is 1.34. The summed E-state index contributed by atoms with van der Waals surface area (Å²) in [5, 5.41) is 8.81. The van der Waals surface area contributed by atoms with Gasteiger partial charge >= 0.3 is 5.97 Å². The predicted molar refractivity (Wildman–Crippen MR) is 46.7 cm³/mol. The van der Waals surface area contributed by atoms with Crippen molar-refractivity contribution in [2.24, 2.45) is 11.7 Å². The molecule has 68 valence electrons. The first-order valence-electron chi connectivity index (χ1n) is 4.16. The maximum Gasteiger partial charge on any atom is 0.308 e. The highest BCUT2D eigenvalue weighted by Crippen LogP contribution is 2.28. The van der Waals surface area contributed by atoms with E-state index in [1.165, 1.54) is 11.1 Å². The molecule has 3 nitrogen and oxygen atoms in total. The number of rotatable bonds is 1. The minimum atomic E-state index is -0.769. The van der Waals surface area contributed by atoms with Gasteiger partial charge in [-0.15, -0.1) is 0 Å². The molecule has 3 heteroatoms. The predicted octanol–water partition coefficient (Wildman–Crippen LogP) is 1.14. The lowest BCUT2D eigenvalue weighted by atomic mass is 9.82. The second-order valence-corrected chi connectivity index (χ2v) is 3.58. The molecular weight excluding hydrogens is 154 g/mol. The van der Waals surface area contributed by atoms with Crippen molar-refractivity contribution >= 4 is 5.97 Å². The number of carboxylic acids is 1. The van der Waals surface area contributed by atoms with Crippen LogP contribution in [0.25, 0.3) is 0 Å². The van der Waals surface area contributed by atoms with E-state index in [9.17, 15) is 4.79 Å². The molecule has 0 fully saturated rings. The zero-order valence-electron chi connectivity index (χ0n) is 7.50. The van der Waals surface area contributed by atoms with Gasteiger partial charge in [-0.25, -0.2) is 0 Å². The van der Waals surface area contributed by atoms with Crippen LogP contribution in [-0.4, -0.2) is 17.1 Å². The van der Waals surface area contributed by atoms with Gasteiger partial charge < -0.3 is 10.8 Å². The maximum absolute atomic E-state index is 10.7. The minimum absolute atomic E-state index is 0.203. The van der Waals surface area contributed by atoms with Gasteiger partial charge in [0.25, 0.3) is 0 Å². The Bertz CT molecular complexity index is 233. The Morgan fingerprint density at radius 2 is 1.92 bits per heavy atom. The van der Waals surface area contributed by atoms with Crippen molar-refractivity contribution in [1.82, 2.24) is 0 Å². The van der Waals surface area contributed by atoms with Crippen LogP contribution in [0.4, 0.5) is 0 Å². The monoisotopic (exact) mass is 169 g/mol. The fraction of sp³-hybridized carbons (Fsp3) is 0.667. The number of allylic oxidation sites excluding steroid dienone is 1. The summed E-state index contributed by atoms with van der Waals surface area (Å²) in [4.78, 5) is 10.7. The summed E-state index contributed by atoms with van der Waals surface area (Å²) in [7, 11) is 0. The molecule has 0 aromatic heterocycles. The molecule has 1 aliphatic rings. The van der Waals surface area contributed by atoms with Crippen LogP contribution in [0, 0.1) is 5.92 Å². The minimum Gasteiger partial charge on any atom is -0.481 e. The Hall–Kier alpha value is -0.830. The van der Waals surface area contributed by atoms with Crippen LogP contribution in [0.2, 0.25) is 0 Å². The third kappa shape index (κ3) is 1.67. The van der Waals surface area contributed by atoms with E-state index in [-0.39, 0.29) is 12.0 Å². The summed E-state index contributed by atoms with van der Waals surface area (Å²) in [5.74, 6) is -1.15. The highest BCUT2D eigenvalue weighted by molar-refractivity contribution is 5.71. The van der Waals surface area contributed by atoms with Gasteiger partial charge in [-0.1, -0.05) is 11.1 Å². The van der Waals surface area contributed by atoms with Gasteiger partial charge in [0.05, 0.1) is 5.92 Å². The van der Waals surface area contributed by atoms with Crippen LogP contribution >= 0.6 is 0 Å². The molecule has 0 saturated heterocycles. The molecule has 0 bridgehead atoms. The van der Waals surface area contributed by atoms with E-state index in [0.717, 1.165) is 6.42 Å². The zero-order valence-corrected chi connectivity index (χ0v) is 7.50. The summed E-state index contributed by atoms with van der Waals surface area (Å²) in [6.45, 7) is 4.00. The second kappa shape index (κ2) is 3.27. The van der Waals surface area contributed by atoms with Gasteiger partial charge in [-0.05, 0) is 26.7 Å². The smallest absolute Gasteiger partial charge is 0.308 e. The SMILES string of the molecule is CC1=C(C)C[C@H](C(=O)O)[C@H](N)C1. The van der Waals surface area contributed by atoms with Crippen LogP contribution < -0.4 is 5.73 Å². The summed E-state index contributed by atoms with van der Waals surface area (Å²) < 4.78 is 0. The molecule has 1 rings (SSSR count). The number of carbonyl (C=O) groups is 1. The van der Waals surface area contributed by atoms with E-state index in [2.05, 4.69) is 0 Å². The molecule has 3 N–H and O–H groups in total. The van der Waals surface area contributed by atoms with E-state index in [1.807, 2.05) is 13.8 Å². The van der Waals surface area contributed by atoms with Crippen molar-refractivity contribution in [2.45, 2.75) is 32.7 Å². The molecule has 0 unspecified atom stereocenters. The standard InChI is InChI=1S/C9H15NO2/c1-5-3-7(9(11)12)8(10)4-6(5)2/h7-8H,3-4,10H2,1-2H3,(H,11,12)/t7-,8+/m0/s1. The molecule has 0 aromatic rings. The Balaban J connectivity index is 2.79. The van der Waals surface area contributed by atoms with E-state index < -0.39 is 5.97 Å². The van der Waals surface area contributed by atoms with Crippen molar-refractivity contribution in [3.8, 4) is 0 Å². The van der Waals surface area contributed by atoms with Gasteiger partial charge in [0, 0.05) is 6.04 Å². The van der Waals surface area contributed by atoms with Crippen molar-refractivity contribution in [2.75, 3.05) is 0 Å². The molecule has 2 atom stereocenters. The quantitative estimate of drug-likeness (QED) is 0.579. The van der Waals surface area contributed by atoms with Crippen LogP contribution in [0.3, 0.4) is 0 Å². The number of hydrogen-bond acceptors (Lipinski definition) is 2. The van der Waals surface area contributed by atoms with Crippen molar-refractivity contribution in [3.63, 3.8) is 0 Å². The molecule has 0 aliphatic heterocycles. The number of nitrogens with two attached hydrogens (primary N) is 1. The highest BCUT2D eigenvalue weighted by atomic mass is 16.4. The normalized spacial score (nSPS) is 30.6. The average Bonchev–Trinajstić information content (AvgIpc) is 1.96. The van der Waals surface area contributed by atoms with E-state index in [0.29, 0.717) is 6.42 Å². The topological polar surface area (TPSA) is 63.3 Å². The van der Waals surface area contributed by atoms with E-state index >= 15 is 0 Å². The molecule has 1 aliphatic carbocycles. The first-order valence-corrected chi connectivity index (χ1v) is 4.16. The Kier molecular flexibility index (Phi) is 2.52. The third-order valence-electron chi connectivity index (χ3n) is 2.63.